The first kappa shape index (κ1) is 11.9. The zero-order chi connectivity index (χ0) is 13.0. The average Bonchev–Trinajstić information content (AvgIpc) is 2.39. The second-order valence-electron chi connectivity index (χ2n) is 3.86. The normalized spacial score (nSPS) is 13.0. The minimum atomic E-state index is -0.424. The lowest BCUT2D eigenvalue weighted by molar-refractivity contribution is 0.732. The van der Waals surface area contributed by atoms with E-state index in [0.29, 0.717) is 11.3 Å². The van der Waals surface area contributed by atoms with Crippen LogP contribution in [-0.4, -0.2) is 9.55 Å². The number of nitrogens with zero attached hydrogens (tertiary/aromatic N) is 3. The number of para-hydroxylation sites is 1. The van der Waals surface area contributed by atoms with Crippen LogP contribution in [0.25, 0.3) is 0 Å². The Morgan fingerprint density at radius 2 is 2.17 bits per heavy atom. The van der Waals surface area contributed by atoms with Gasteiger partial charge in [-0.1, -0.05) is 24.1 Å². The van der Waals surface area contributed by atoms with Gasteiger partial charge in [0.15, 0.2) is 0 Å². The molecule has 18 heavy (non-hydrogen) atoms. The Bertz CT molecular complexity index is 649. The van der Waals surface area contributed by atoms with Gasteiger partial charge in [0.05, 0.1) is 0 Å². The molecule has 0 amide bonds. The van der Waals surface area contributed by atoms with Crippen molar-refractivity contribution in [1.29, 1.82) is 0 Å². The molecule has 90 valence electrons. The van der Waals surface area contributed by atoms with Crippen molar-refractivity contribution in [3.05, 3.63) is 53.9 Å². The second-order valence-corrected chi connectivity index (χ2v) is 3.86. The van der Waals surface area contributed by atoms with Gasteiger partial charge in [-0.3, -0.25) is 0 Å². The van der Waals surface area contributed by atoms with E-state index in [9.17, 15) is 0 Å². The van der Waals surface area contributed by atoms with Gasteiger partial charge in [0.2, 0.25) is 5.62 Å². The van der Waals surface area contributed by atoms with Crippen LogP contribution in [0.2, 0.25) is 0 Å². The molecule has 4 nitrogen and oxygen atoms in total. The molecule has 2 aromatic rings. The SMILES string of the molecule is C#CC(N=c1ncccn1C)c1ccccc1N. The summed E-state index contributed by atoms with van der Waals surface area (Å²) in [6.07, 6.45) is 9.09. The molecule has 1 heterocycles. The number of aromatic nitrogens is 2. The van der Waals surface area contributed by atoms with E-state index in [0.717, 1.165) is 5.56 Å². The average molecular weight is 238 g/mol. The second kappa shape index (κ2) is 5.19. The molecule has 0 aliphatic carbocycles. The Morgan fingerprint density at radius 3 is 2.83 bits per heavy atom. The van der Waals surface area contributed by atoms with Crippen molar-refractivity contribution in [2.45, 2.75) is 6.04 Å². The van der Waals surface area contributed by atoms with Crippen LogP contribution < -0.4 is 11.4 Å². The van der Waals surface area contributed by atoms with Crippen LogP contribution in [-0.2, 0) is 7.05 Å². The number of rotatable bonds is 2. The van der Waals surface area contributed by atoms with E-state index >= 15 is 0 Å². The molecule has 0 aliphatic rings. The maximum atomic E-state index is 5.91. The summed E-state index contributed by atoms with van der Waals surface area (Å²) in [6, 6.07) is 8.87. The number of benzene rings is 1. The molecule has 1 aromatic heterocycles. The summed E-state index contributed by atoms with van der Waals surface area (Å²) in [4.78, 5) is 8.62. The van der Waals surface area contributed by atoms with Gasteiger partial charge in [0.1, 0.15) is 6.04 Å². The van der Waals surface area contributed by atoms with E-state index in [4.69, 9.17) is 12.2 Å². The molecule has 4 heteroatoms. The van der Waals surface area contributed by atoms with E-state index in [2.05, 4.69) is 15.9 Å². The van der Waals surface area contributed by atoms with Crippen LogP contribution in [0.4, 0.5) is 5.69 Å². The smallest absolute Gasteiger partial charge is 0.226 e. The Morgan fingerprint density at radius 1 is 1.39 bits per heavy atom. The fourth-order valence-corrected chi connectivity index (χ4v) is 1.63. The highest BCUT2D eigenvalue weighted by Gasteiger charge is 2.09. The largest absolute Gasteiger partial charge is 0.398 e. The van der Waals surface area contributed by atoms with Crippen molar-refractivity contribution in [2.75, 3.05) is 5.73 Å². The van der Waals surface area contributed by atoms with Crippen molar-refractivity contribution in [2.24, 2.45) is 12.0 Å². The molecule has 0 saturated carbocycles. The predicted molar refractivity (Wildman–Crippen MR) is 71.2 cm³/mol. The van der Waals surface area contributed by atoms with Gasteiger partial charge in [-0.15, -0.1) is 6.42 Å². The molecular formula is C14H14N4. The van der Waals surface area contributed by atoms with Crippen LogP contribution >= 0.6 is 0 Å². The van der Waals surface area contributed by atoms with Crippen molar-refractivity contribution in [1.82, 2.24) is 9.55 Å². The fraction of sp³-hybridized carbons (Fsp3) is 0.143. The first-order valence-corrected chi connectivity index (χ1v) is 5.54. The maximum absolute atomic E-state index is 5.91. The minimum Gasteiger partial charge on any atom is -0.398 e. The van der Waals surface area contributed by atoms with Crippen molar-refractivity contribution < 1.29 is 0 Å². The Labute approximate surface area is 106 Å². The number of hydrogen-bond donors (Lipinski definition) is 1. The van der Waals surface area contributed by atoms with Crippen LogP contribution in [0.3, 0.4) is 0 Å². The number of terminal acetylenes is 1. The summed E-state index contributed by atoms with van der Waals surface area (Å²) in [7, 11) is 1.87. The zero-order valence-electron chi connectivity index (χ0n) is 10.1. The monoisotopic (exact) mass is 238 g/mol. The van der Waals surface area contributed by atoms with E-state index < -0.39 is 6.04 Å². The standard InChI is InChI=1S/C14H14N4/c1-3-13(11-7-4-5-8-12(11)15)17-14-16-9-6-10-18(14)2/h1,4-10,13H,15H2,2H3. The molecule has 0 spiro atoms. The van der Waals surface area contributed by atoms with Gasteiger partial charge in [0.25, 0.3) is 0 Å². The van der Waals surface area contributed by atoms with E-state index in [-0.39, 0.29) is 0 Å². The summed E-state index contributed by atoms with van der Waals surface area (Å²) in [6.45, 7) is 0. The highest BCUT2D eigenvalue weighted by Crippen LogP contribution is 2.21. The van der Waals surface area contributed by atoms with Gasteiger partial charge in [-0.05, 0) is 12.1 Å². The highest BCUT2D eigenvalue weighted by atomic mass is 15.1. The van der Waals surface area contributed by atoms with Crippen LogP contribution in [0.1, 0.15) is 11.6 Å². The van der Waals surface area contributed by atoms with Gasteiger partial charge in [-0.25, -0.2) is 9.98 Å². The number of nitrogens with two attached hydrogens (primary N) is 1. The third-order valence-corrected chi connectivity index (χ3v) is 2.59. The molecule has 0 aliphatic heterocycles. The van der Waals surface area contributed by atoms with E-state index in [1.807, 2.05) is 48.1 Å². The third kappa shape index (κ3) is 2.41. The van der Waals surface area contributed by atoms with E-state index in [1.165, 1.54) is 0 Å². The lowest BCUT2D eigenvalue weighted by Crippen LogP contribution is -2.21. The predicted octanol–water partition coefficient (Wildman–Crippen LogP) is 1.28. The third-order valence-electron chi connectivity index (χ3n) is 2.59. The van der Waals surface area contributed by atoms with Gasteiger partial charge in [0, 0.05) is 30.7 Å². The van der Waals surface area contributed by atoms with Crippen molar-refractivity contribution in [3.63, 3.8) is 0 Å². The maximum Gasteiger partial charge on any atom is 0.226 e. The van der Waals surface area contributed by atoms with Crippen LogP contribution in [0.5, 0.6) is 0 Å². The highest BCUT2D eigenvalue weighted by molar-refractivity contribution is 5.50. The minimum absolute atomic E-state index is 0.424. The number of aryl methyl sites for hydroxylation is 1. The Hall–Kier alpha value is -2.54. The molecule has 0 radical (unpaired) electrons. The molecule has 2 N–H and O–H groups in total. The molecule has 0 saturated heterocycles. The summed E-state index contributed by atoms with van der Waals surface area (Å²) < 4.78 is 1.81. The van der Waals surface area contributed by atoms with Crippen LogP contribution in [0.15, 0.2) is 47.7 Å². The Kier molecular flexibility index (Phi) is 3.44. The summed E-state index contributed by atoms with van der Waals surface area (Å²) in [5.74, 6) is 2.63. The number of nitrogen functional groups attached to an aromatic ring is 1. The van der Waals surface area contributed by atoms with Crippen LogP contribution in [0, 0.1) is 12.3 Å². The first-order chi connectivity index (χ1) is 8.72. The quantitative estimate of drug-likeness (QED) is 0.633. The fourth-order valence-electron chi connectivity index (χ4n) is 1.63. The lowest BCUT2D eigenvalue weighted by atomic mass is 10.1. The van der Waals surface area contributed by atoms with Gasteiger partial charge in [-0.2, -0.15) is 0 Å². The number of hydrogen-bond acceptors (Lipinski definition) is 3. The molecule has 1 aromatic carbocycles. The molecular weight excluding hydrogens is 224 g/mol. The molecule has 0 fully saturated rings. The molecule has 0 bridgehead atoms. The van der Waals surface area contributed by atoms with Gasteiger partial charge < -0.3 is 10.3 Å². The molecule has 1 unspecified atom stereocenters. The van der Waals surface area contributed by atoms with Crippen molar-refractivity contribution in [3.8, 4) is 12.3 Å². The Balaban J connectivity index is 2.50. The number of anilines is 1. The van der Waals surface area contributed by atoms with Gasteiger partial charge >= 0.3 is 0 Å². The lowest BCUT2D eigenvalue weighted by Gasteiger charge is -2.09. The zero-order valence-corrected chi connectivity index (χ0v) is 10.1. The summed E-state index contributed by atoms with van der Waals surface area (Å²) >= 11 is 0. The van der Waals surface area contributed by atoms with Crippen molar-refractivity contribution >= 4 is 5.69 Å². The topological polar surface area (TPSA) is 56.2 Å². The molecule has 2 rings (SSSR count). The molecule has 1 atom stereocenters. The first-order valence-electron chi connectivity index (χ1n) is 5.54. The van der Waals surface area contributed by atoms with E-state index in [1.54, 1.807) is 6.20 Å². The summed E-state index contributed by atoms with van der Waals surface area (Å²) in [5.41, 5.74) is 7.94. The summed E-state index contributed by atoms with van der Waals surface area (Å²) in [5, 5.41) is 0.